The van der Waals surface area contributed by atoms with Crippen molar-refractivity contribution in [1.29, 1.82) is 0 Å². The summed E-state index contributed by atoms with van der Waals surface area (Å²) in [5.41, 5.74) is 0.954. The molecular weight excluding hydrogens is 465 g/mol. The molecule has 1 aliphatic heterocycles. The average Bonchev–Trinajstić information content (AvgIpc) is 3.17. The molecule has 0 spiro atoms. The van der Waals surface area contributed by atoms with Crippen molar-refractivity contribution in [2.75, 3.05) is 0 Å². The summed E-state index contributed by atoms with van der Waals surface area (Å²) in [5.74, 6) is 0.725. The van der Waals surface area contributed by atoms with Crippen LogP contribution in [0.1, 0.15) is 54.9 Å². The second-order valence-corrected chi connectivity index (χ2v) is 8.58. The summed E-state index contributed by atoms with van der Waals surface area (Å²) in [6, 6.07) is 4.82. The number of rotatable bonds is 7. The number of hydrogen-bond acceptors (Lipinski definition) is 6. The molecule has 1 amide bonds. The average molecular weight is 487 g/mol. The monoisotopic (exact) mass is 486 g/mol. The van der Waals surface area contributed by atoms with Crippen LogP contribution in [0, 0.1) is 0 Å². The first kappa shape index (κ1) is 23.6. The molecule has 1 aliphatic carbocycles. The number of halogens is 4. The number of oxazole rings is 1. The van der Waals surface area contributed by atoms with Crippen molar-refractivity contribution in [2.45, 2.75) is 62.7 Å². The van der Waals surface area contributed by atoms with Gasteiger partial charge in [-0.25, -0.2) is 4.98 Å². The number of carbonyl (C=O) groups excluding carboxylic acids is 1. The number of benzene rings is 1. The zero-order valence-electron chi connectivity index (χ0n) is 17.4. The predicted octanol–water partition coefficient (Wildman–Crippen LogP) is 4.56. The number of alkyl halides is 3. The van der Waals surface area contributed by atoms with Gasteiger partial charge in [0.2, 0.25) is 0 Å². The number of aliphatic hydroxyl groups excluding tert-OH is 1. The lowest BCUT2D eigenvalue weighted by Gasteiger charge is -2.33. The van der Waals surface area contributed by atoms with E-state index in [-0.39, 0.29) is 25.2 Å². The molecule has 33 heavy (non-hydrogen) atoms. The van der Waals surface area contributed by atoms with Gasteiger partial charge in [0.25, 0.3) is 5.91 Å². The van der Waals surface area contributed by atoms with E-state index in [1.54, 1.807) is 18.2 Å². The molecule has 1 fully saturated rings. The Balaban J connectivity index is 1.23. The van der Waals surface area contributed by atoms with Crippen LogP contribution in [-0.2, 0) is 16.0 Å². The Hall–Kier alpha value is -2.56. The second kappa shape index (κ2) is 9.36. The van der Waals surface area contributed by atoms with Gasteiger partial charge in [0, 0.05) is 35.0 Å². The number of fused-ring (bicyclic) bond motifs is 1. The first-order valence-corrected chi connectivity index (χ1v) is 10.8. The predicted molar refractivity (Wildman–Crippen MR) is 110 cm³/mol. The molecule has 0 saturated heterocycles. The fourth-order valence-electron chi connectivity index (χ4n) is 3.87. The Bertz CT molecular complexity index is 1040. The highest BCUT2D eigenvalue weighted by Gasteiger charge is 2.41. The molecule has 178 valence electrons. The highest BCUT2D eigenvalue weighted by Crippen LogP contribution is 2.41. The zero-order valence-corrected chi connectivity index (χ0v) is 18.2. The van der Waals surface area contributed by atoms with Gasteiger partial charge in [-0.05, 0) is 37.5 Å². The molecule has 0 unspecified atom stereocenters. The number of nitrogens with zero attached hydrogens (tertiary/aromatic N) is 1. The Morgan fingerprint density at radius 3 is 2.82 bits per heavy atom. The third-order valence-corrected chi connectivity index (χ3v) is 5.87. The summed E-state index contributed by atoms with van der Waals surface area (Å²) < 4.78 is 52.0. The molecule has 0 bridgehead atoms. The maximum Gasteiger partial charge on any atom is 0.522 e. The largest absolute Gasteiger partial charge is 0.522 e. The number of aliphatic hydroxyl groups is 1. The van der Waals surface area contributed by atoms with Gasteiger partial charge in [0.1, 0.15) is 11.5 Å². The van der Waals surface area contributed by atoms with Gasteiger partial charge in [-0.3, -0.25) is 9.53 Å². The van der Waals surface area contributed by atoms with Gasteiger partial charge < -0.3 is 19.6 Å². The summed E-state index contributed by atoms with van der Waals surface area (Å²) in [5, 5.41) is 13.5. The van der Waals surface area contributed by atoms with E-state index >= 15 is 0 Å². The number of carbonyl (C=O) groups is 1. The Morgan fingerprint density at radius 1 is 1.33 bits per heavy atom. The maximum absolute atomic E-state index is 12.5. The minimum atomic E-state index is -4.63. The summed E-state index contributed by atoms with van der Waals surface area (Å²) in [7, 11) is 0. The standard InChI is InChI=1S/C22H22ClF3N2O5/c1-11(28-21(30)18-9-16(29)15-8-13(23)3-4-17(15)31-18)2-5-20-27-10-19(32-20)12-6-14(7-12)33-22(24,25)26/h3-4,8,10,12,14,16,18,29H,1-2,5-7,9H2,(H,28,30)/t12?,14?,16-,18-/m1/s1. The van der Waals surface area contributed by atoms with E-state index in [9.17, 15) is 23.1 Å². The Labute approximate surface area is 192 Å². The molecule has 4 rings (SSSR count). The van der Waals surface area contributed by atoms with Crippen molar-refractivity contribution >= 4 is 17.5 Å². The first-order chi connectivity index (χ1) is 15.6. The Kier molecular flexibility index (Phi) is 6.69. The molecule has 1 aromatic carbocycles. The molecule has 1 saturated carbocycles. The number of hydrogen-bond donors (Lipinski definition) is 2. The fraction of sp³-hybridized carbons (Fsp3) is 0.455. The Morgan fingerprint density at radius 2 is 2.09 bits per heavy atom. The van der Waals surface area contributed by atoms with Gasteiger partial charge in [-0.2, -0.15) is 0 Å². The van der Waals surface area contributed by atoms with Crippen molar-refractivity contribution in [3.63, 3.8) is 0 Å². The molecule has 2 atom stereocenters. The third-order valence-electron chi connectivity index (χ3n) is 5.64. The van der Waals surface area contributed by atoms with Crippen LogP contribution in [0.4, 0.5) is 13.2 Å². The molecule has 0 radical (unpaired) electrons. The molecule has 7 nitrogen and oxygen atoms in total. The van der Waals surface area contributed by atoms with Gasteiger partial charge in [-0.1, -0.05) is 18.2 Å². The molecule has 2 aliphatic rings. The lowest BCUT2D eigenvalue weighted by atomic mass is 9.81. The van der Waals surface area contributed by atoms with E-state index in [1.807, 2.05) is 0 Å². The lowest BCUT2D eigenvalue weighted by molar-refractivity contribution is -0.352. The third kappa shape index (κ3) is 5.87. The molecule has 2 aromatic rings. The summed E-state index contributed by atoms with van der Waals surface area (Å²) in [6.07, 6.45) is -4.53. The molecule has 11 heteroatoms. The van der Waals surface area contributed by atoms with Crippen LogP contribution in [-0.4, -0.2) is 34.6 Å². The first-order valence-electron chi connectivity index (χ1n) is 10.4. The number of aromatic nitrogens is 1. The molecule has 1 aromatic heterocycles. The number of ether oxygens (including phenoxy) is 2. The maximum atomic E-state index is 12.5. The van der Waals surface area contributed by atoms with Crippen LogP contribution in [0.2, 0.25) is 5.02 Å². The van der Waals surface area contributed by atoms with Crippen LogP contribution >= 0.6 is 11.6 Å². The number of allylic oxidation sites excluding steroid dienone is 1. The van der Waals surface area contributed by atoms with E-state index in [0.29, 0.717) is 46.5 Å². The van der Waals surface area contributed by atoms with Crippen LogP contribution < -0.4 is 10.1 Å². The highest BCUT2D eigenvalue weighted by molar-refractivity contribution is 6.30. The van der Waals surface area contributed by atoms with Gasteiger partial charge in [0.05, 0.1) is 18.4 Å². The summed E-state index contributed by atoms with van der Waals surface area (Å²) in [6.45, 7) is 3.83. The number of amides is 1. The summed E-state index contributed by atoms with van der Waals surface area (Å²) >= 11 is 5.94. The van der Waals surface area contributed by atoms with E-state index in [2.05, 4.69) is 21.6 Å². The zero-order chi connectivity index (χ0) is 23.8. The van der Waals surface area contributed by atoms with Crippen molar-refractivity contribution in [3.05, 3.63) is 58.9 Å². The number of nitrogens with one attached hydrogen (secondary N) is 1. The van der Waals surface area contributed by atoms with E-state index in [4.69, 9.17) is 20.8 Å². The summed E-state index contributed by atoms with van der Waals surface area (Å²) in [4.78, 5) is 16.7. The van der Waals surface area contributed by atoms with Crippen LogP contribution in [0.25, 0.3) is 0 Å². The van der Waals surface area contributed by atoms with E-state index < -0.39 is 30.6 Å². The minimum Gasteiger partial charge on any atom is -0.480 e. The topological polar surface area (TPSA) is 93.8 Å². The van der Waals surface area contributed by atoms with Crippen LogP contribution in [0.3, 0.4) is 0 Å². The second-order valence-electron chi connectivity index (χ2n) is 8.14. The van der Waals surface area contributed by atoms with E-state index in [0.717, 1.165) is 0 Å². The van der Waals surface area contributed by atoms with Gasteiger partial charge in [0.15, 0.2) is 12.0 Å². The smallest absolute Gasteiger partial charge is 0.480 e. The lowest BCUT2D eigenvalue weighted by Crippen LogP contribution is -2.41. The van der Waals surface area contributed by atoms with Gasteiger partial charge >= 0.3 is 6.36 Å². The molecule has 2 N–H and O–H groups in total. The quantitative estimate of drug-likeness (QED) is 0.596. The normalized spacial score (nSPS) is 24.4. The van der Waals surface area contributed by atoms with Crippen molar-refractivity contribution < 1.29 is 37.0 Å². The SMILES string of the molecule is C=C(CCc1ncc(C2CC(OC(F)(F)F)C2)o1)NC(=O)[C@H]1C[C@@H](O)c2cc(Cl)ccc2O1. The van der Waals surface area contributed by atoms with E-state index in [1.165, 1.54) is 6.20 Å². The number of aryl methyl sites for hydroxylation is 1. The fourth-order valence-corrected chi connectivity index (χ4v) is 4.05. The van der Waals surface area contributed by atoms with Crippen LogP contribution in [0.15, 0.2) is 41.1 Å². The molecule has 2 heterocycles. The molecular formula is C22H22ClF3N2O5. The highest BCUT2D eigenvalue weighted by atomic mass is 35.5. The van der Waals surface area contributed by atoms with Crippen LogP contribution in [0.5, 0.6) is 5.75 Å². The van der Waals surface area contributed by atoms with Crippen molar-refractivity contribution in [1.82, 2.24) is 10.3 Å². The van der Waals surface area contributed by atoms with Crippen molar-refractivity contribution in [2.24, 2.45) is 0 Å². The van der Waals surface area contributed by atoms with Gasteiger partial charge in [-0.15, -0.1) is 13.2 Å². The minimum absolute atomic E-state index is 0.0794. The van der Waals surface area contributed by atoms with Crippen molar-refractivity contribution in [3.8, 4) is 5.75 Å².